The number of rotatable bonds is 5. The van der Waals surface area contributed by atoms with Crippen LogP contribution in [-0.2, 0) is 5.41 Å². The lowest BCUT2D eigenvalue weighted by molar-refractivity contribution is 0.796. The van der Waals surface area contributed by atoms with E-state index in [2.05, 4.69) is 231 Å². The van der Waals surface area contributed by atoms with Gasteiger partial charge >= 0.3 is 0 Å². The number of aromatic nitrogens is 2. The highest BCUT2D eigenvalue weighted by Gasteiger charge is 2.52. The van der Waals surface area contributed by atoms with Crippen LogP contribution in [0.1, 0.15) is 22.3 Å². The summed E-state index contributed by atoms with van der Waals surface area (Å²) in [5, 5.41) is 4.98. The quantitative estimate of drug-likeness (QED) is 0.173. The highest BCUT2D eigenvalue weighted by Crippen LogP contribution is 2.64. The summed E-state index contributed by atoms with van der Waals surface area (Å²) in [5.74, 6) is 0.707. The molecule has 0 bridgehead atoms. The second-order valence-corrected chi connectivity index (χ2v) is 16.9. The van der Waals surface area contributed by atoms with Crippen molar-refractivity contribution in [3.63, 3.8) is 0 Å². The zero-order valence-electron chi connectivity index (χ0n) is 34.3. The number of hydrogen-bond acceptors (Lipinski definition) is 2. The van der Waals surface area contributed by atoms with Crippen LogP contribution in [0, 0.1) is 0 Å². The molecule has 1 heterocycles. The molecule has 0 unspecified atom stereocenters. The van der Waals surface area contributed by atoms with Gasteiger partial charge in [-0.05, 0) is 125 Å². The predicted octanol–water partition coefficient (Wildman–Crippen LogP) is 15.5. The molecule has 0 amide bonds. The van der Waals surface area contributed by atoms with Crippen molar-refractivity contribution >= 4 is 21.5 Å². The molecule has 2 heteroatoms. The maximum absolute atomic E-state index is 5.52. The minimum Gasteiger partial charge on any atom is -0.228 e. The van der Waals surface area contributed by atoms with Crippen LogP contribution in [0.25, 0.3) is 100.0 Å². The molecule has 0 radical (unpaired) electrons. The van der Waals surface area contributed by atoms with Crippen LogP contribution in [0.2, 0.25) is 0 Å². The molecule has 0 N–H and O–H groups in total. The Kier molecular flexibility index (Phi) is 7.85. The summed E-state index contributed by atoms with van der Waals surface area (Å²) in [5.41, 5.74) is 19.2. The van der Waals surface area contributed by atoms with Gasteiger partial charge in [-0.2, -0.15) is 0 Å². The Labute approximate surface area is 366 Å². The molecule has 11 aromatic rings. The van der Waals surface area contributed by atoms with Crippen molar-refractivity contribution in [2.45, 2.75) is 5.41 Å². The third-order valence-corrected chi connectivity index (χ3v) is 13.5. The molecule has 0 aliphatic heterocycles. The van der Waals surface area contributed by atoms with Crippen LogP contribution in [0.15, 0.2) is 231 Å². The van der Waals surface area contributed by atoms with Gasteiger partial charge in [-0.25, -0.2) is 9.97 Å². The predicted molar refractivity (Wildman–Crippen MR) is 261 cm³/mol. The Bertz CT molecular complexity index is 3520. The van der Waals surface area contributed by atoms with Gasteiger partial charge in [-0.15, -0.1) is 0 Å². The number of hydrogen-bond donors (Lipinski definition) is 0. The van der Waals surface area contributed by atoms with Crippen LogP contribution in [0.3, 0.4) is 0 Å². The molecule has 0 saturated carbocycles. The fourth-order valence-electron chi connectivity index (χ4n) is 10.6. The van der Waals surface area contributed by atoms with Crippen molar-refractivity contribution in [3.05, 3.63) is 253 Å². The van der Waals surface area contributed by atoms with Crippen molar-refractivity contribution in [1.82, 2.24) is 9.97 Å². The SMILES string of the molecule is c1ccc(-c2ccc(-c3cc(-c4cccc(-c5ccccc5)c4)nc(-c4cccc5c4-c4ccccc4C54c5cc6ccccc6cc5-c5cc6ccccc6cc54)n3)cc2)cc1. The third kappa shape index (κ3) is 5.45. The molecule has 2 nitrogen and oxygen atoms in total. The van der Waals surface area contributed by atoms with Crippen molar-refractivity contribution in [3.8, 4) is 78.4 Å². The number of benzene rings is 10. The first-order valence-electron chi connectivity index (χ1n) is 21.7. The van der Waals surface area contributed by atoms with Gasteiger partial charge in [0.1, 0.15) is 0 Å². The summed E-state index contributed by atoms with van der Waals surface area (Å²) in [4.78, 5) is 11.0. The van der Waals surface area contributed by atoms with Gasteiger partial charge < -0.3 is 0 Å². The Morgan fingerprint density at radius 2 is 0.698 bits per heavy atom. The van der Waals surface area contributed by atoms with E-state index in [0.29, 0.717) is 5.82 Å². The zero-order chi connectivity index (χ0) is 41.5. The molecule has 1 spiro atoms. The van der Waals surface area contributed by atoms with E-state index in [0.717, 1.165) is 33.6 Å². The zero-order valence-corrected chi connectivity index (χ0v) is 34.3. The average Bonchev–Trinajstić information content (AvgIpc) is 3.81. The molecule has 63 heavy (non-hydrogen) atoms. The van der Waals surface area contributed by atoms with Crippen molar-refractivity contribution < 1.29 is 0 Å². The number of fused-ring (bicyclic) bond motifs is 12. The van der Waals surface area contributed by atoms with E-state index in [1.54, 1.807) is 0 Å². The van der Waals surface area contributed by atoms with Gasteiger partial charge in [0.05, 0.1) is 16.8 Å². The van der Waals surface area contributed by atoms with Crippen molar-refractivity contribution in [2.24, 2.45) is 0 Å². The van der Waals surface area contributed by atoms with Gasteiger partial charge in [-0.1, -0.05) is 194 Å². The van der Waals surface area contributed by atoms with E-state index < -0.39 is 5.41 Å². The largest absolute Gasteiger partial charge is 0.228 e. The minimum absolute atomic E-state index is 0.543. The molecule has 1 aromatic heterocycles. The second kappa shape index (κ2) is 13.9. The molecule has 10 aromatic carbocycles. The van der Waals surface area contributed by atoms with Gasteiger partial charge in [-0.3, -0.25) is 0 Å². The van der Waals surface area contributed by atoms with Gasteiger partial charge in [0.25, 0.3) is 0 Å². The van der Waals surface area contributed by atoms with E-state index in [4.69, 9.17) is 9.97 Å². The maximum atomic E-state index is 5.52. The summed E-state index contributed by atoms with van der Waals surface area (Å²) in [6.07, 6.45) is 0. The van der Waals surface area contributed by atoms with Crippen molar-refractivity contribution in [1.29, 1.82) is 0 Å². The van der Waals surface area contributed by atoms with Gasteiger partial charge in [0.15, 0.2) is 5.82 Å². The van der Waals surface area contributed by atoms with E-state index >= 15 is 0 Å². The van der Waals surface area contributed by atoms with Crippen LogP contribution in [0.4, 0.5) is 0 Å². The fourth-order valence-corrected chi connectivity index (χ4v) is 10.6. The third-order valence-electron chi connectivity index (χ3n) is 13.5. The normalized spacial score (nSPS) is 12.9. The standard InChI is InChI=1S/C61H38N2/c1-3-15-39(16-4-1)41-29-31-42(32-30-41)57-38-58(48-24-13-23-43(33-48)40-17-5-2-6-18-40)63-60(62-57)50-26-14-28-54-59(50)49-25-11-12-27-53(49)61(54)55-36-46-21-9-7-19-44(46)34-51(55)52-35-45-20-8-10-22-47(45)37-56(52)61/h1-38H. The summed E-state index contributed by atoms with van der Waals surface area (Å²) in [7, 11) is 0. The molecule has 0 atom stereocenters. The molecule has 2 aliphatic rings. The minimum atomic E-state index is -0.543. The van der Waals surface area contributed by atoms with E-state index in [1.807, 2.05) is 0 Å². The average molecular weight is 799 g/mol. The Morgan fingerprint density at radius 3 is 1.35 bits per heavy atom. The topological polar surface area (TPSA) is 25.8 Å². The molecule has 0 fully saturated rings. The molecule has 292 valence electrons. The van der Waals surface area contributed by atoms with E-state index in [1.165, 1.54) is 82.7 Å². The summed E-state index contributed by atoms with van der Waals surface area (Å²) in [6.45, 7) is 0. The van der Waals surface area contributed by atoms with Crippen LogP contribution >= 0.6 is 0 Å². The molecule has 2 aliphatic carbocycles. The lowest BCUT2D eigenvalue weighted by Crippen LogP contribution is -2.26. The number of nitrogens with zero attached hydrogens (tertiary/aromatic N) is 2. The van der Waals surface area contributed by atoms with Crippen molar-refractivity contribution in [2.75, 3.05) is 0 Å². The Balaban J connectivity index is 1.07. The Hall–Kier alpha value is -8.20. The lowest BCUT2D eigenvalue weighted by Gasteiger charge is -2.31. The highest BCUT2D eigenvalue weighted by atomic mass is 14.9. The maximum Gasteiger partial charge on any atom is 0.161 e. The summed E-state index contributed by atoms with van der Waals surface area (Å²) >= 11 is 0. The summed E-state index contributed by atoms with van der Waals surface area (Å²) in [6, 6.07) is 84.0. The first-order chi connectivity index (χ1) is 31.2. The van der Waals surface area contributed by atoms with E-state index in [9.17, 15) is 0 Å². The van der Waals surface area contributed by atoms with E-state index in [-0.39, 0.29) is 0 Å². The molecular weight excluding hydrogens is 761 g/mol. The van der Waals surface area contributed by atoms with Crippen LogP contribution in [-0.4, -0.2) is 9.97 Å². The van der Waals surface area contributed by atoms with Gasteiger partial charge in [0, 0.05) is 16.7 Å². The Morgan fingerprint density at radius 1 is 0.254 bits per heavy atom. The van der Waals surface area contributed by atoms with Gasteiger partial charge in [0.2, 0.25) is 0 Å². The summed E-state index contributed by atoms with van der Waals surface area (Å²) < 4.78 is 0. The fraction of sp³-hybridized carbons (Fsp3) is 0.0164. The monoisotopic (exact) mass is 798 g/mol. The van der Waals surface area contributed by atoms with Crippen LogP contribution < -0.4 is 0 Å². The molecule has 0 saturated heterocycles. The highest BCUT2D eigenvalue weighted by molar-refractivity contribution is 6.05. The smallest absolute Gasteiger partial charge is 0.161 e. The first-order valence-corrected chi connectivity index (χ1v) is 21.7. The lowest BCUT2D eigenvalue weighted by atomic mass is 9.70. The first kappa shape index (κ1) is 35.5. The molecule has 13 rings (SSSR count). The van der Waals surface area contributed by atoms with Crippen LogP contribution in [0.5, 0.6) is 0 Å². The second-order valence-electron chi connectivity index (χ2n) is 16.9. The molecular formula is C61H38N2.